The van der Waals surface area contributed by atoms with Crippen molar-refractivity contribution in [3.8, 4) is 0 Å². The van der Waals surface area contributed by atoms with Gasteiger partial charge in [0.1, 0.15) is 5.82 Å². The molecule has 2 atom stereocenters. The number of rotatable bonds is 1. The molecule has 13 heavy (non-hydrogen) atoms. The van der Waals surface area contributed by atoms with E-state index in [2.05, 4.69) is 32.5 Å². The van der Waals surface area contributed by atoms with Gasteiger partial charge >= 0.3 is 0 Å². The Kier molecular flexibility index (Phi) is 2.72. The minimum atomic E-state index is 0.619. The number of hydrogen-bond donors (Lipinski definition) is 0. The zero-order valence-corrected chi connectivity index (χ0v) is 9.50. The van der Waals surface area contributed by atoms with Crippen molar-refractivity contribution in [3.05, 3.63) is 18.2 Å². The van der Waals surface area contributed by atoms with Crippen molar-refractivity contribution in [1.29, 1.82) is 0 Å². The summed E-state index contributed by atoms with van der Waals surface area (Å²) in [5.41, 5.74) is 0. The summed E-state index contributed by atoms with van der Waals surface area (Å²) in [4.78, 5) is 5.05. The Morgan fingerprint density at radius 1 is 1.46 bits per heavy atom. The summed E-state index contributed by atoms with van der Waals surface area (Å²) in [6, 6.07) is 0. The van der Waals surface area contributed by atoms with Gasteiger partial charge in [-0.25, -0.2) is 4.98 Å². The van der Waals surface area contributed by atoms with Gasteiger partial charge in [-0.15, -0.1) is 0 Å². The Morgan fingerprint density at radius 3 is 2.85 bits per heavy atom. The van der Waals surface area contributed by atoms with E-state index in [1.54, 1.807) is 0 Å². The van der Waals surface area contributed by atoms with E-state index in [0.29, 0.717) is 10.7 Å². The molecule has 0 bridgehead atoms. The summed E-state index contributed by atoms with van der Waals surface area (Å²) in [6.07, 6.45) is 9.20. The molecule has 2 nitrogen and oxygen atoms in total. The fourth-order valence-electron chi connectivity index (χ4n) is 2.11. The van der Waals surface area contributed by atoms with Crippen molar-refractivity contribution in [3.63, 3.8) is 0 Å². The molecule has 1 aliphatic rings. The average molecular weight is 243 g/mol. The normalized spacial score (nSPS) is 29.1. The first kappa shape index (κ1) is 9.25. The van der Waals surface area contributed by atoms with Crippen LogP contribution >= 0.6 is 15.9 Å². The third kappa shape index (κ3) is 1.80. The van der Waals surface area contributed by atoms with Crippen molar-refractivity contribution >= 4 is 15.9 Å². The molecule has 1 saturated carbocycles. The molecule has 0 aliphatic heterocycles. The second-order valence-corrected chi connectivity index (χ2v) is 4.98. The first-order valence-electron chi connectivity index (χ1n) is 4.90. The van der Waals surface area contributed by atoms with E-state index in [-0.39, 0.29) is 0 Å². The van der Waals surface area contributed by atoms with Gasteiger partial charge in [0, 0.05) is 30.2 Å². The molecule has 0 spiro atoms. The van der Waals surface area contributed by atoms with Crippen molar-refractivity contribution in [2.45, 2.75) is 36.4 Å². The smallest absolute Gasteiger partial charge is 0.112 e. The van der Waals surface area contributed by atoms with Gasteiger partial charge in [-0.1, -0.05) is 28.8 Å². The number of nitrogens with zero attached hydrogens (tertiary/aromatic N) is 2. The summed E-state index contributed by atoms with van der Waals surface area (Å²) in [5, 5.41) is 0. The highest BCUT2D eigenvalue weighted by atomic mass is 79.9. The second kappa shape index (κ2) is 3.82. The molecular formula is C10H15BrN2. The lowest BCUT2D eigenvalue weighted by Crippen LogP contribution is -2.20. The van der Waals surface area contributed by atoms with Crippen LogP contribution in [-0.2, 0) is 7.05 Å². The Labute approximate surface area is 87.5 Å². The Balaban J connectivity index is 2.19. The van der Waals surface area contributed by atoms with Gasteiger partial charge in [-0.05, 0) is 12.8 Å². The van der Waals surface area contributed by atoms with E-state index in [1.165, 1.54) is 31.5 Å². The van der Waals surface area contributed by atoms with E-state index in [9.17, 15) is 0 Å². The molecule has 1 aliphatic carbocycles. The van der Waals surface area contributed by atoms with Gasteiger partial charge in [-0.3, -0.25) is 0 Å². The molecule has 0 radical (unpaired) electrons. The maximum Gasteiger partial charge on any atom is 0.112 e. The fourth-order valence-corrected chi connectivity index (χ4v) is 2.94. The number of halogens is 1. The number of aromatic nitrogens is 2. The van der Waals surface area contributed by atoms with Gasteiger partial charge in [0.15, 0.2) is 0 Å². The van der Waals surface area contributed by atoms with Crippen molar-refractivity contribution in [2.24, 2.45) is 7.05 Å². The molecule has 1 aromatic rings. The molecule has 3 heteroatoms. The summed E-state index contributed by atoms with van der Waals surface area (Å²) in [7, 11) is 2.08. The Morgan fingerprint density at radius 2 is 2.23 bits per heavy atom. The molecule has 2 rings (SSSR count). The van der Waals surface area contributed by atoms with Crippen LogP contribution in [0.25, 0.3) is 0 Å². The van der Waals surface area contributed by atoms with E-state index >= 15 is 0 Å². The zero-order valence-electron chi connectivity index (χ0n) is 7.91. The summed E-state index contributed by atoms with van der Waals surface area (Å²) in [6.45, 7) is 0. The fraction of sp³-hybridized carbons (Fsp3) is 0.700. The van der Waals surface area contributed by atoms with Gasteiger partial charge in [0.2, 0.25) is 0 Å². The van der Waals surface area contributed by atoms with Crippen LogP contribution in [0.1, 0.15) is 37.4 Å². The Hall–Kier alpha value is -0.310. The third-order valence-electron chi connectivity index (χ3n) is 2.87. The molecule has 72 valence electrons. The monoisotopic (exact) mass is 242 g/mol. The van der Waals surface area contributed by atoms with Crippen LogP contribution in [0.5, 0.6) is 0 Å². The predicted molar refractivity (Wildman–Crippen MR) is 57.1 cm³/mol. The van der Waals surface area contributed by atoms with Crippen LogP contribution in [0, 0.1) is 0 Å². The molecule has 0 aromatic carbocycles. The van der Waals surface area contributed by atoms with Crippen LogP contribution < -0.4 is 0 Å². The molecule has 2 unspecified atom stereocenters. The Bertz CT molecular complexity index is 282. The minimum absolute atomic E-state index is 0.619. The zero-order chi connectivity index (χ0) is 9.26. The van der Waals surface area contributed by atoms with Crippen molar-refractivity contribution < 1.29 is 0 Å². The molecule has 1 heterocycles. The van der Waals surface area contributed by atoms with E-state index in [0.717, 1.165) is 0 Å². The van der Waals surface area contributed by atoms with Gasteiger partial charge < -0.3 is 4.57 Å². The lowest BCUT2D eigenvalue weighted by molar-refractivity contribution is 0.438. The van der Waals surface area contributed by atoms with Crippen LogP contribution in [0.2, 0.25) is 0 Å². The van der Waals surface area contributed by atoms with Gasteiger partial charge in [-0.2, -0.15) is 0 Å². The van der Waals surface area contributed by atoms with Crippen molar-refractivity contribution in [1.82, 2.24) is 9.55 Å². The topological polar surface area (TPSA) is 17.8 Å². The van der Waals surface area contributed by atoms with Crippen molar-refractivity contribution in [2.75, 3.05) is 0 Å². The highest BCUT2D eigenvalue weighted by Gasteiger charge is 2.26. The first-order valence-corrected chi connectivity index (χ1v) is 5.82. The highest BCUT2D eigenvalue weighted by Crippen LogP contribution is 2.36. The largest absolute Gasteiger partial charge is 0.338 e. The number of alkyl halides is 1. The van der Waals surface area contributed by atoms with Gasteiger partial charge in [0.25, 0.3) is 0 Å². The number of imidazole rings is 1. The SMILES string of the molecule is Cn1ccnc1C1CCCCC1Br. The van der Waals surface area contributed by atoms with Crippen LogP contribution in [0.3, 0.4) is 0 Å². The standard InChI is InChI=1S/C10H15BrN2/c1-13-7-6-12-10(13)8-4-2-3-5-9(8)11/h6-9H,2-5H2,1H3. The first-order chi connectivity index (χ1) is 6.29. The molecule has 1 aromatic heterocycles. The van der Waals surface area contributed by atoms with Gasteiger partial charge in [0.05, 0.1) is 0 Å². The number of hydrogen-bond acceptors (Lipinski definition) is 1. The van der Waals surface area contributed by atoms with E-state index in [4.69, 9.17) is 0 Å². The van der Waals surface area contributed by atoms with Crippen LogP contribution in [-0.4, -0.2) is 14.4 Å². The maximum atomic E-state index is 4.42. The predicted octanol–water partition coefficient (Wildman–Crippen LogP) is 2.84. The van der Waals surface area contributed by atoms with Crippen LogP contribution in [0.4, 0.5) is 0 Å². The molecular weight excluding hydrogens is 228 g/mol. The second-order valence-electron chi connectivity index (χ2n) is 3.80. The summed E-state index contributed by atoms with van der Waals surface area (Å²) >= 11 is 3.76. The molecule has 0 N–H and O–H groups in total. The summed E-state index contributed by atoms with van der Waals surface area (Å²) < 4.78 is 2.14. The highest BCUT2D eigenvalue weighted by molar-refractivity contribution is 9.09. The quantitative estimate of drug-likeness (QED) is 0.693. The maximum absolute atomic E-state index is 4.42. The van der Waals surface area contributed by atoms with E-state index < -0.39 is 0 Å². The molecule has 0 saturated heterocycles. The summed E-state index contributed by atoms with van der Waals surface area (Å²) in [5.74, 6) is 1.86. The molecule has 1 fully saturated rings. The average Bonchev–Trinajstić information content (AvgIpc) is 2.52. The molecule has 0 amide bonds. The van der Waals surface area contributed by atoms with E-state index in [1.807, 2.05) is 12.4 Å². The third-order valence-corrected chi connectivity index (χ3v) is 3.97. The number of aryl methyl sites for hydroxylation is 1. The lowest BCUT2D eigenvalue weighted by Gasteiger charge is -2.26. The minimum Gasteiger partial charge on any atom is -0.338 e. The lowest BCUT2D eigenvalue weighted by atomic mass is 9.88. The van der Waals surface area contributed by atoms with Crippen LogP contribution in [0.15, 0.2) is 12.4 Å².